The van der Waals surface area contributed by atoms with Crippen molar-refractivity contribution in [3.63, 3.8) is 0 Å². The van der Waals surface area contributed by atoms with E-state index in [1.54, 1.807) is 0 Å². The molecular weight excluding hydrogens is 220 g/mol. The third-order valence-corrected chi connectivity index (χ3v) is 3.59. The molecule has 1 aliphatic carbocycles. The van der Waals surface area contributed by atoms with E-state index < -0.39 is 0 Å². The molecule has 2 rings (SSSR count). The SMILES string of the molecule is Cc1ccc(N(C)CC(C)(C)CNC2CC2)cc1. The maximum atomic E-state index is 3.64. The monoisotopic (exact) mass is 246 g/mol. The summed E-state index contributed by atoms with van der Waals surface area (Å²) in [5.41, 5.74) is 2.93. The molecule has 0 aromatic heterocycles. The van der Waals surface area contributed by atoms with E-state index in [2.05, 4.69) is 62.3 Å². The fraction of sp³-hybridized carbons (Fsp3) is 0.625. The van der Waals surface area contributed by atoms with Crippen molar-refractivity contribution < 1.29 is 0 Å². The minimum Gasteiger partial charge on any atom is -0.374 e. The van der Waals surface area contributed by atoms with E-state index in [0.29, 0.717) is 5.41 Å². The quantitative estimate of drug-likeness (QED) is 0.829. The Kier molecular flexibility index (Phi) is 3.96. The summed E-state index contributed by atoms with van der Waals surface area (Å²) in [6.45, 7) is 9.00. The smallest absolute Gasteiger partial charge is 0.0363 e. The molecule has 1 aromatic rings. The van der Waals surface area contributed by atoms with Crippen molar-refractivity contribution >= 4 is 5.69 Å². The Hall–Kier alpha value is -1.02. The van der Waals surface area contributed by atoms with E-state index in [9.17, 15) is 0 Å². The standard InChI is InChI=1S/C16H26N2/c1-13-5-9-15(10-6-13)18(4)12-16(2,3)11-17-14-7-8-14/h5-6,9-10,14,17H,7-8,11-12H2,1-4H3. The van der Waals surface area contributed by atoms with Gasteiger partial charge in [0.15, 0.2) is 0 Å². The number of hydrogen-bond acceptors (Lipinski definition) is 2. The topological polar surface area (TPSA) is 15.3 Å². The number of nitrogens with zero attached hydrogens (tertiary/aromatic N) is 1. The lowest BCUT2D eigenvalue weighted by molar-refractivity contribution is 0.345. The van der Waals surface area contributed by atoms with Gasteiger partial charge in [-0.3, -0.25) is 0 Å². The molecule has 0 spiro atoms. The van der Waals surface area contributed by atoms with Crippen LogP contribution in [0.4, 0.5) is 5.69 Å². The van der Waals surface area contributed by atoms with Crippen LogP contribution < -0.4 is 10.2 Å². The number of nitrogens with one attached hydrogen (secondary N) is 1. The van der Waals surface area contributed by atoms with Crippen molar-refractivity contribution in [2.45, 2.75) is 39.7 Å². The Morgan fingerprint density at radius 3 is 2.39 bits per heavy atom. The van der Waals surface area contributed by atoms with Crippen LogP contribution in [-0.4, -0.2) is 26.2 Å². The van der Waals surface area contributed by atoms with Gasteiger partial charge in [-0.15, -0.1) is 0 Å². The second-order valence-electron chi connectivity index (χ2n) is 6.51. The van der Waals surface area contributed by atoms with Crippen molar-refractivity contribution in [1.29, 1.82) is 0 Å². The maximum absolute atomic E-state index is 3.64. The van der Waals surface area contributed by atoms with Crippen LogP contribution in [0.1, 0.15) is 32.3 Å². The normalized spacial score (nSPS) is 15.8. The van der Waals surface area contributed by atoms with Crippen molar-refractivity contribution in [2.75, 3.05) is 25.0 Å². The third kappa shape index (κ3) is 4.02. The fourth-order valence-corrected chi connectivity index (χ4v) is 2.30. The second kappa shape index (κ2) is 5.31. The van der Waals surface area contributed by atoms with Gasteiger partial charge in [-0.05, 0) is 37.3 Å². The van der Waals surface area contributed by atoms with Gasteiger partial charge in [-0.1, -0.05) is 31.5 Å². The molecule has 0 bridgehead atoms. The van der Waals surface area contributed by atoms with Crippen LogP contribution in [0.3, 0.4) is 0 Å². The van der Waals surface area contributed by atoms with Crippen molar-refractivity contribution in [2.24, 2.45) is 5.41 Å². The molecule has 1 aliphatic rings. The highest BCUT2D eigenvalue weighted by molar-refractivity contribution is 5.46. The summed E-state index contributed by atoms with van der Waals surface area (Å²) in [5, 5.41) is 3.64. The van der Waals surface area contributed by atoms with Crippen LogP contribution >= 0.6 is 0 Å². The number of rotatable bonds is 6. The molecule has 0 saturated heterocycles. The number of anilines is 1. The van der Waals surface area contributed by atoms with Gasteiger partial charge in [0.05, 0.1) is 0 Å². The van der Waals surface area contributed by atoms with Crippen LogP contribution in [0.15, 0.2) is 24.3 Å². The summed E-state index contributed by atoms with van der Waals surface area (Å²) >= 11 is 0. The molecule has 2 heteroatoms. The molecular formula is C16H26N2. The Bertz CT molecular complexity index is 377. The zero-order chi connectivity index (χ0) is 13.2. The van der Waals surface area contributed by atoms with Gasteiger partial charge in [0.2, 0.25) is 0 Å². The largest absolute Gasteiger partial charge is 0.374 e. The number of benzene rings is 1. The van der Waals surface area contributed by atoms with Crippen LogP contribution in [0.2, 0.25) is 0 Å². The lowest BCUT2D eigenvalue weighted by Gasteiger charge is -2.32. The predicted octanol–water partition coefficient (Wildman–Crippen LogP) is 3.21. The second-order valence-corrected chi connectivity index (χ2v) is 6.51. The summed E-state index contributed by atoms with van der Waals surface area (Å²) < 4.78 is 0. The highest BCUT2D eigenvalue weighted by Crippen LogP contribution is 2.24. The molecule has 0 radical (unpaired) electrons. The number of aryl methyl sites for hydroxylation is 1. The van der Waals surface area contributed by atoms with Gasteiger partial charge >= 0.3 is 0 Å². The average Bonchev–Trinajstić information content (AvgIpc) is 3.10. The van der Waals surface area contributed by atoms with Gasteiger partial charge in [0.1, 0.15) is 0 Å². The minimum absolute atomic E-state index is 0.308. The van der Waals surface area contributed by atoms with Crippen molar-refractivity contribution in [1.82, 2.24) is 5.32 Å². The average molecular weight is 246 g/mol. The van der Waals surface area contributed by atoms with E-state index in [-0.39, 0.29) is 0 Å². The molecule has 0 unspecified atom stereocenters. The molecule has 1 N–H and O–H groups in total. The Morgan fingerprint density at radius 1 is 1.22 bits per heavy atom. The third-order valence-electron chi connectivity index (χ3n) is 3.59. The van der Waals surface area contributed by atoms with E-state index >= 15 is 0 Å². The Balaban J connectivity index is 1.87. The zero-order valence-electron chi connectivity index (χ0n) is 12.2. The van der Waals surface area contributed by atoms with Crippen molar-refractivity contribution in [3.8, 4) is 0 Å². The van der Waals surface area contributed by atoms with Crippen LogP contribution in [0.25, 0.3) is 0 Å². The van der Waals surface area contributed by atoms with Crippen LogP contribution in [0, 0.1) is 12.3 Å². The van der Waals surface area contributed by atoms with Gasteiger partial charge in [0, 0.05) is 31.9 Å². The highest BCUT2D eigenvalue weighted by atomic mass is 15.1. The van der Waals surface area contributed by atoms with Crippen molar-refractivity contribution in [3.05, 3.63) is 29.8 Å². The number of hydrogen-bond donors (Lipinski definition) is 1. The molecule has 18 heavy (non-hydrogen) atoms. The summed E-state index contributed by atoms with van der Waals surface area (Å²) in [6.07, 6.45) is 2.73. The fourth-order valence-electron chi connectivity index (χ4n) is 2.30. The first-order valence-corrected chi connectivity index (χ1v) is 6.97. The first-order valence-electron chi connectivity index (χ1n) is 6.97. The first kappa shape index (κ1) is 13.4. The van der Waals surface area contributed by atoms with E-state index in [1.807, 2.05) is 0 Å². The molecule has 100 valence electrons. The molecule has 0 heterocycles. The van der Waals surface area contributed by atoms with Crippen LogP contribution in [0.5, 0.6) is 0 Å². The van der Waals surface area contributed by atoms with Gasteiger partial charge in [-0.2, -0.15) is 0 Å². The van der Waals surface area contributed by atoms with Gasteiger partial charge in [0.25, 0.3) is 0 Å². The summed E-state index contributed by atoms with van der Waals surface area (Å²) in [4.78, 5) is 2.36. The molecule has 1 fully saturated rings. The maximum Gasteiger partial charge on any atom is 0.0363 e. The molecule has 0 aliphatic heterocycles. The van der Waals surface area contributed by atoms with Crippen LogP contribution in [-0.2, 0) is 0 Å². The van der Waals surface area contributed by atoms with Gasteiger partial charge < -0.3 is 10.2 Å². The highest BCUT2D eigenvalue weighted by Gasteiger charge is 2.26. The molecule has 0 atom stereocenters. The molecule has 2 nitrogen and oxygen atoms in total. The van der Waals surface area contributed by atoms with Gasteiger partial charge in [-0.25, -0.2) is 0 Å². The Labute approximate surface area is 111 Å². The lowest BCUT2D eigenvalue weighted by atomic mass is 9.92. The van der Waals surface area contributed by atoms with E-state index in [4.69, 9.17) is 0 Å². The summed E-state index contributed by atoms with van der Waals surface area (Å²) in [6, 6.07) is 9.58. The van der Waals surface area contributed by atoms with E-state index in [1.165, 1.54) is 24.1 Å². The van der Waals surface area contributed by atoms with E-state index in [0.717, 1.165) is 19.1 Å². The molecule has 1 saturated carbocycles. The molecule has 1 aromatic carbocycles. The predicted molar refractivity (Wildman–Crippen MR) is 79.3 cm³/mol. The molecule has 0 amide bonds. The minimum atomic E-state index is 0.308. The summed E-state index contributed by atoms with van der Waals surface area (Å²) in [5.74, 6) is 0. The summed E-state index contributed by atoms with van der Waals surface area (Å²) in [7, 11) is 2.18. The lowest BCUT2D eigenvalue weighted by Crippen LogP contribution is -2.39. The first-order chi connectivity index (χ1) is 8.46. The zero-order valence-corrected chi connectivity index (χ0v) is 12.2. The Morgan fingerprint density at radius 2 is 1.83 bits per heavy atom.